The van der Waals surface area contributed by atoms with Crippen molar-refractivity contribution in [3.63, 3.8) is 0 Å². The quantitative estimate of drug-likeness (QED) is 0.780. The molecule has 0 saturated carbocycles. The Labute approximate surface area is 109 Å². The number of aliphatic hydroxyl groups is 1. The third kappa shape index (κ3) is 3.64. The molecular weight excluding hydrogens is 228 g/mol. The smallest absolute Gasteiger partial charge is 0.184 e. The highest BCUT2D eigenvalue weighted by Gasteiger charge is 2.33. The zero-order valence-electron chi connectivity index (χ0n) is 11.6. The van der Waals surface area contributed by atoms with Gasteiger partial charge in [-0.3, -0.25) is 9.59 Å². The second-order valence-electron chi connectivity index (χ2n) is 5.47. The zero-order valence-corrected chi connectivity index (χ0v) is 11.6. The number of allylic oxidation sites excluding steroid dienone is 3. The maximum absolute atomic E-state index is 11.9. The van der Waals surface area contributed by atoms with Crippen molar-refractivity contribution < 1.29 is 14.7 Å². The molecule has 100 valence electrons. The van der Waals surface area contributed by atoms with Crippen LogP contribution < -0.4 is 0 Å². The molecular formula is C15H22O3. The van der Waals surface area contributed by atoms with E-state index in [4.69, 9.17) is 0 Å². The zero-order chi connectivity index (χ0) is 13.9. The monoisotopic (exact) mass is 250 g/mol. The summed E-state index contributed by atoms with van der Waals surface area (Å²) in [5.41, 5.74) is 1.94. The molecule has 0 spiro atoms. The molecule has 0 heterocycles. The fourth-order valence-electron chi connectivity index (χ4n) is 2.32. The summed E-state index contributed by atoms with van der Waals surface area (Å²) in [4.78, 5) is 23.6. The predicted octanol–water partition coefficient (Wildman–Crippen LogP) is 2.44. The minimum Gasteiger partial charge on any atom is -0.385 e. The summed E-state index contributed by atoms with van der Waals surface area (Å²) in [5.74, 6) is -0.833. The van der Waals surface area contributed by atoms with Crippen molar-refractivity contribution in [3.05, 3.63) is 23.3 Å². The Morgan fingerprint density at radius 1 is 1.50 bits per heavy atom. The van der Waals surface area contributed by atoms with E-state index in [9.17, 15) is 14.7 Å². The molecule has 3 atom stereocenters. The lowest BCUT2D eigenvalue weighted by Gasteiger charge is -2.27. The van der Waals surface area contributed by atoms with E-state index in [-0.39, 0.29) is 23.4 Å². The normalized spacial score (nSPS) is 23.1. The number of carbonyl (C=O) groups is 2. The van der Waals surface area contributed by atoms with Crippen LogP contribution in [0.2, 0.25) is 0 Å². The van der Waals surface area contributed by atoms with Crippen LogP contribution in [0.3, 0.4) is 0 Å². The van der Waals surface area contributed by atoms with Gasteiger partial charge in [-0.15, -0.1) is 0 Å². The summed E-state index contributed by atoms with van der Waals surface area (Å²) in [6.45, 7) is 7.34. The Hall–Kier alpha value is -1.22. The van der Waals surface area contributed by atoms with Gasteiger partial charge in [0.25, 0.3) is 0 Å². The molecule has 0 bridgehead atoms. The van der Waals surface area contributed by atoms with Crippen molar-refractivity contribution in [3.8, 4) is 0 Å². The molecule has 1 aliphatic carbocycles. The number of hydrogen-bond acceptors (Lipinski definition) is 3. The van der Waals surface area contributed by atoms with Crippen LogP contribution in [0.4, 0.5) is 0 Å². The summed E-state index contributed by atoms with van der Waals surface area (Å²) >= 11 is 0. The van der Waals surface area contributed by atoms with Crippen molar-refractivity contribution in [2.45, 2.75) is 46.6 Å². The van der Waals surface area contributed by atoms with Gasteiger partial charge in [0.2, 0.25) is 0 Å². The Morgan fingerprint density at radius 2 is 2.11 bits per heavy atom. The Morgan fingerprint density at radius 3 is 2.61 bits per heavy atom. The highest BCUT2D eigenvalue weighted by molar-refractivity contribution is 5.96. The van der Waals surface area contributed by atoms with Crippen molar-refractivity contribution in [1.29, 1.82) is 0 Å². The summed E-state index contributed by atoms with van der Waals surface area (Å²) in [6, 6.07) is 0. The summed E-state index contributed by atoms with van der Waals surface area (Å²) in [7, 11) is 0. The fourth-order valence-corrected chi connectivity index (χ4v) is 2.32. The first-order chi connectivity index (χ1) is 8.32. The second-order valence-corrected chi connectivity index (χ2v) is 5.47. The first kappa shape index (κ1) is 14.8. The molecule has 0 amide bonds. The predicted molar refractivity (Wildman–Crippen MR) is 71.1 cm³/mol. The number of carbonyl (C=O) groups excluding carboxylic acids is 2. The van der Waals surface area contributed by atoms with Gasteiger partial charge in [-0.05, 0) is 51.7 Å². The topological polar surface area (TPSA) is 54.4 Å². The maximum atomic E-state index is 11.9. The van der Waals surface area contributed by atoms with Crippen LogP contribution in [0.15, 0.2) is 23.3 Å². The Kier molecular flexibility index (Phi) is 5.03. The first-order valence-corrected chi connectivity index (χ1v) is 6.40. The van der Waals surface area contributed by atoms with Crippen LogP contribution in [-0.2, 0) is 9.59 Å². The highest BCUT2D eigenvalue weighted by Crippen LogP contribution is 2.29. The molecule has 0 unspecified atom stereocenters. The molecule has 1 rings (SSSR count). The van der Waals surface area contributed by atoms with Crippen molar-refractivity contribution in [2.75, 3.05) is 0 Å². The highest BCUT2D eigenvalue weighted by atomic mass is 16.3. The van der Waals surface area contributed by atoms with Crippen LogP contribution in [0, 0.1) is 11.8 Å². The van der Waals surface area contributed by atoms with Gasteiger partial charge < -0.3 is 5.11 Å². The Balaban J connectivity index is 2.76. The standard InChI is InChI=1S/C15H22O3/c1-9(2)7-14(17)15(18)11(4)12-6-5-10(3)8-13(12)16/h7-8,11-12,15,18H,5-6H2,1-4H3/t11-,12-,15+/m0/s1. The molecule has 0 radical (unpaired) electrons. The van der Waals surface area contributed by atoms with E-state index in [2.05, 4.69) is 0 Å². The van der Waals surface area contributed by atoms with Crippen molar-refractivity contribution >= 4 is 11.6 Å². The summed E-state index contributed by atoms with van der Waals surface area (Å²) < 4.78 is 0. The van der Waals surface area contributed by atoms with Crippen LogP contribution in [0.1, 0.15) is 40.5 Å². The minimum absolute atomic E-state index is 0.0373. The Bertz CT molecular complexity index is 400. The molecule has 3 nitrogen and oxygen atoms in total. The third-order valence-electron chi connectivity index (χ3n) is 3.46. The third-order valence-corrected chi connectivity index (χ3v) is 3.46. The van der Waals surface area contributed by atoms with Crippen LogP contribution >= 0.6 is 0 Å². The number of ketones is 2. The van der Waals surface area contributed by atoms with Crippen LogP contribution in [0.25, 0.3) is 0 Å². The van der Waals surface area contributed by atoms with Gasteiger partial charge in [0.05, 0.1) is 0 Å². The molecule has 0 saturated heterocycles. The molecule has 1 aliphatic rings. The molecule has 0 aromatic rings. The van der Waals surface area contributed by atoms with Gasteiger partial charge in [0.1, 0.15) is 6.10 Å². The minimum atomic E-state index is -1.08. The molecule has 18 heavy (non-hydrogen) atoms. The van der Waals surface area contributed by atoms with E-state index in [0.717, 1.165) is 24.0 Å². The van der Waals surface area contributed by atoms with Gasteiger partial charge in [-0.25, -0.2) is 0 Å². The molecule has 1 N–H and O–H groups in total. The van der Waals surface area contributed by atoms with E-state index in [0.29, 0.717) is 0 Å². The van der Waals surface area contributed by atoms with Crippen LogP contribution in [-0.4, -0.2) is 22.8 Å². The van der Waals surface area contributed by atoms with E-state index >= 15 is 0 Å². The van der Waals surface area contributed by atoms with Gasteiger partial charge >= 0.3 is 0 Å². The number of hydrogen-bond donors (Lipinski definition) is 1. The van der Waals surface area contributed by atoms with E-state index in [1.165, 1.54) is 6.08 Å². The van der Waals surface area contributed by atoms with Crippen molar-refractivity contribution in [2.24, 2.45) is 11.8 Å². The molecule has 3 heteroatoms. The average molecular weight is 250 g/mol. The molecule has 0 fully saturated rings. The van der Waals surface area contributed by atoms with Gasteiger partial charge in [0, 0.05) is 5.92 Å². The van der Waals surface area contributed by atoms with E-state index < -0.39 is 6.10 Å². The summed E-state index contributed by atoms with van der Waals surface area (Å²) in [6.07, 6.45) is 3.59. The lowest BCUT2D eigenvalue weighted by Crippen LogP contribution is -2.36. The maximum Gasteiger partial charge on any atom is 0.184 e. The van der Waals surface area contributed by atoms with Crippen LogP contribution in [0.5, 0.6) is 0 Å². The fraction of sp³-hybridized carbons (Fsp3) is 0.600. The van der Waals surface area contributed by atoms with E-state index in [1.807, 2.05) is 20.8 Å². The number of aliphatic hydroxyl groups excluding tert-OH is 1. The SMILES string of the molecule is CC(C)=CC(=O)[C@H](O)[C@@H](C)[C@@H]1CCC(C)=CC1=O. The van der Waals surface area contributed by atoms with Gasteiger partial charge in [-0.1, -0.05) is 18.1 Å². The van der Waals surface area contributed by atoms with Gasteiger partial charge in [0.15, 0.2) is 11.6 Å². The van der Waals surface area contributed by atoms with Crippen molar-refractivity contribution in [1.82, 2.24) is 0 Å². The van der Waals surface area contributed by atoms with E-state index in [1.54, 1.807) is 13.0 Å². The number of rotatable bonds is 4. The largest absolute Gasteiger partial charge is 0.385 e. The van der Waals surface area contributed by atoms with Gasteiger partial charge in [-0.2, -0.15) is 0 Å². The second kappa shape index (κ2) is 6.10. The molecule has 0 aromatic heterocycles. The molecule has 0 aromatic carbocycles. The lowest BCUT2D eigenvalue weighted by atomic mass is 9.77. The summed E-state index contributed by atoms with van der Waals surface area (Å²) in [5, 5.41) is 10.0. The lowest BCUT2D eigenvalue weighted by molar-refractivity contribution is -0.129. The molecule has 0 aliphatic heterocycles. The first-order valence-electron chi connectivity index (χ1n) is 6.40. The average Bonchev–Trinajstić information content (AvgIpc) is 2.26.